The summed E-state index contributed by atoms with van der Waals surface area (Å²) in [6, 6.07) is 1.13. The molecule has 3 aromatic rings. The standard InChI is InChI=1S/C30H47N7O3Si/c1-30(2,3)40-29(38)36-12-8-9-21(17-36)15-25-26-24(22-10-11-22)19-37(20-39-13-14-41(5,6)7)27(26)34-28(33-25)32-23-16-31-35(4)18-23/h16,18-19,21-22H,8-15,17,20H2,1-7H3,(H,32,33,34)/t21-/m0/s1. The molecule has 11 heteroatoms. The Balaban J connectivity index is 1.45. The molecular weight excluding hydrogens is 534 g/mol. The monoisotopic (exact) mass is 581 g/mol. The molecule has 0 unspecified atom stereocenters. The van der Waals surface area contributed by atoms with Crippen LogP contribution in [0.5, 0.6) is 0 Å². The van der Waals surface area contributed by atoms with Crippen molar-refractivity contribution in [1.29, 1.82) is 0 Å². The van der Waals surface area contributed by atoms with Crippen molar-refractivity contribution in [2.45, 2.75) is 96.8 Å². The largest absolute Gasteiger partial charge is 0.444 e. The van der Waals surface area contributed by atoms with Gasteiger partial charge in [0.1, 0.15) is 18.0 Å². The molecule has 3 aromatic heterocycles. The second kappa shape index (κ2) is 11.8. The first-order valence-corrected chi connectivity index (χ1v) is 18.8. The molecule has 1 atom stereocenters. The van der Waals surface area contributed by atoms with Crippen LogP contribution < -0.4 is 5.32 Å². The fourth-order valence-corrected chi connectivity index (χ4v) is 6.21. The highest BCUT2D eigenvalue weighted by Gasteiger charge is 2.32. The number of aryl methyl sites for hydroxylation is 1. The molecule has 0 bridgehead atoms. The van der Waals surface area contributed by atoms with E-state index in [0.717, 1.165) is 60.9 Å². The number of fused-ring (bicyclic) bond motifs is 1. The molecule has 1 aliphatic heterocycles. The molecule has 41 heavy (non-hydrogen) atoms. The zero-order valence-electron chi connectivity index (χ0n) is 25.9. The number of hydrogen-bond acceptors (Lipinski definition) is 7. The van der Waals surface area contributed by atoms with Crippen molar-refractivity contribution >= 4 is 36.8 Å². The summed E-state index contributed by atoms with van der Waals surface area (Å²) in [6.07, 6.45) is 10.9. The highest BCUT2D eigenvalue weighted by Crippen LogP contribution is 2.45. The van der Waals surface area contributed by atoms with E-state index in [0.29, 0.717) is 31.1 Å². The molecule has 1 amide bonds. The van der Waals surface area contributed by atoms with Crippen molar-refractivity contribution in [2.24, 2.45) is 13.0 Å². The second-order valence-corrected chi connectivity index (χ2v) is 19.7. The van der Waals surface area contributed by atoms with Gasteiger partial charge < -0.3 is 24.3 Å². The maximum absolute atomic E-state index is 12.9. The van der Waals surface area contributed by atoms with Crippen LogP contribution in [0.15, 0.2) is 18.6 Å². The van der Waals surface area contributed by atoms with Crippen LogP contribution in [-0.2, 0) is 29.7 Å². The van der Waals surface area contributed by atoms with Crippen molar-refractivity contribution in [3.05, 3.63) is 29.8 Å². The van der Waals surface area contributed by atoms with Crippen LogP contribution in [0.1, 0.15) is 63.6 Å². The molecule has 10 nitrogen and oxygen atoms in total. The van der Waals surface area contributed by atoms with E-state index in [1.54, 1.807) is 10.9 Å². The van der Waals surface area contributed by atoms with E-state index in [1.165, 1.54) is 18.4 Å². The van der Waals surface area contributed by atoms with Gasteiger partial charge in [0, 0.05) is 52.6 Å². The lowest BCUT2D eigenvalue weighted by Crippen LogP contribution is -2.43. The fraction of sp³-hybridized carbons (Fsp3) is 0.667. The third kappa shape index (κ3) is 7.88. The van der Waals surface area contributed by atoms with Gasteiger partial charge in [0.05, 0.1) is 17.6 Å². The predicted octanol–water partition coefficient (Wildman–Crippen LogP) is 6.29. The van der Waals surface area contributed by atoms with Crippen LogP contribution in [0, 0.1) is 5.92 Å². The summed E-state index contributed by atoms with van der Waals surface area (Å²) >= 11 is 0. The summed E-state index contributed by atoms with van der Waals surface area (Å²) in [7, 11) is 0.716. The molecule has 1 saturated carbocycles. The Labute approximate surface area is 244 Å². The minimum absolute atomic E-state index is 0.228. The van der Waals surface area contributed by atoms with Gasteiger partial charge in [0.25, 0.3) is 0 Å². The van der Waals surface area contributed by atoms with Crippen molar-refractivity contribution in [1.82, 2.24) is 29.2 Å². The Kier molecular flexibility index (Phi) is 8.48. The van der Waals surface area contributed by atoms with Crippen LogP contribution in [0.25, 0.3) is 11.0 Å². The predicted molar refractivity (Wildman–Crippen MR) is 164 cm³/mol. The third-order valence-corrected chi connectivity index (χ3v) is 9.38. The lowest BCUT2D eigenvalue weighted by Gasteiger charge is -2.34. The number of ether oxygens (including phenoxy) is 2. The summed E-state index contributed by atoms with van der Waals surface area (Å²) in [6.45, 7) is 15.5. The maximum atomic E-state index is 12.9. The van der Waals surface area contributed by atoms with E-state index in [1.807, 2.05) is 38.9 Å². The van der Waals surface area contributed by atoms with Crippen molar-refractivity contribution in [3.8, 4) is 0 Å². The molecule has 224 valence electrons. The van der Waals surface area contributed by atoms with E-state index in [-0.39, 0.29) is 6.09 Å². The highest BCUT2D eigenvalue weighted by atomic mass is 28.3. The Bertz CT molecular complexity index is 1370. The minimum Gasteiger partial charge on any atom is -0.444 e. The number of nitrogens with one attached hydrogen (secondary N) is 1. The molecule has 2 fully saturated rings. The van der Waals surface area contributed by atoms with Gasteiger partial charge >= 0.3 is 6.09 Å². The smallest absolute Gasteiger partial charge is 0.410 e. The van der Waals surface area contributed by atoms with E-state index in [9.17, 15) is 4.79 Å². The Morgan fingerprint density at radius 2 is 1.93 bits per heavy atom. The average Bonchev–Trinajstić information content (AvgIpc) is 3.54. The van der Waals surface area contributed by atoms with Gasteiger partial charge in [-0.1, -0.05) is 19.6 Å². The average molecular weight is 582 g/mol. The topological polar surface area (TPSA) is 99.3 Å². The van der Waals surface area contributed by atoms with Gasteiger partial charge in [0.2, 0.25) is 5.95 Å². The molecule has 2 aliphatic rings. The number of rotatable bonds is 10. The van der Waals surface area contributed by atoms with Crippen LogP contribution in [0.3, 0.4) is 0 Å². The number of carbonyl (C=O) groups excluding carboxylic acids is 1. The lowest BCUT2D eigenvalue weighted by atomic mass is 9.92. The quantitative estimate of drug-likeness (QED) is 0.222. The number of aromatic nitrogens is 5. The van der Waals surface area contributed by atoms with Crippen LogP contribution in [0.2, 0.25) is 25.7 Å². The number of hydrogen-bond donors (Lipinski definition) is 1. The first kappa shape index (κ1) is 29.6. The van der Waals surface area contributed by atoms with Gasteiger partial charge in [-0.25, -0.2) is 9.78 Å². The van der Waals surface area contributed by atoms with E-state index in [2.05, 4.69) is 40.8 Å². The van der Waals surface area contributed by atoms with Gasteiger partial charge in [-0.15, -0.1) is 0 Å². The van der Waals surface area contributed by atoms with E-state index in [4.69, 9.17) is 19.4 Å². The van der Waals surface area contributed by atoms with Crippen molar-refractivity contribution in [2.75, 3.05) is 25.0 Å². The SMILES string of the molecule is Cn1cc(Nc2nc(C[C@@H]3CCCN(C(=O)OC(C)(C)C)C3)c3c(C4CC4)cn(COCC[Si](C)(C)C)c3n2)cn1. The van der Waals surface area contributed by atoms with Crippen LogP contribution in [0.4, 0.5) is 16.4 Å². The number of carbonyl (C=O) groups is 1. The molecule has 1 N–H and O–H groups in total. The zero-order chi connectivity index (χ0) is 29.4. The van der Waals surface area contributed by atoms with Crippen LogP contribution in [-0.4, -0.2) is 68.7 Å². The van der Waals surface area contributed by atoms with Gasteiger partial charge in [0.15, 0.2) is 0 Å². The summed E-state index contributed by atoms with van der Waals surface area (Å²) in [5.74, 6) is 1.40. The summed E-state index contributed by atoms with van der Waals surface area (Å²) < 4.78 is 15.8. The highest BCUT2D eigenvalue weighted by molar-refractivity contribution is 6.76. The van der Waals surface area contributed by atoms with Gasteiger partial charge in [-0.05, 0) is 76.3 Å². The third-order valence-electron chi connectivity index (χ3n) is 7.68. The number of anilines is 2. The fourth-order valence-electron chi connectivity index (χ4n) is 5.45. The number of likely N-dealkylation sites (tertiary alicyclic amines) is 1. The molecule has 1 aliphatic carbocycles. The second-order valence-electron chi connectivity index (χ2n) is 14.0. The normalized spacial score (nSPS) is 18.2. The number of nitrogens with zero attached hydrogens (tertiary/aromatic N) is 6. The summed E-state index contributed by atoms with van der Waals surface area (Å²) in [5, 5.41) is 8.83. The first-order valence-electron chi connectivity index (χ1n) is 15.1. The molecule has 5 rings (SSSR count). The van der Waals surface area contributed by atoms with Crippen LogP contribution >= 0.6 is 0 Å². The summed E-state index contributed by atoms with van der Waals surface area (Å²) in [4.78, 5) is 24.9. The van der Waals surface area contributed by atoms with Gasteiger partial charge in [-0.3, -0.25) is 4.68 Å². The molecule has 0 radical (unpaired) electrons. The van der Waals surface area contributed by atoms with E-state index >= 15 is 0 Å². The number of piperidine rings is 1. The summed E-state index contributed by atoms with van der Waals surface area (Å²) in [5.41, 5.74) is 3.63. The zero-order valence-corrected chi connectivity index (χ0v) is 26.9. The molecular formula is C30H47N7O3Si. The molecule has 4 heterocycles. The van der Waals surface area contributed by atoms with Crippen molar-refractivity contribution in [3.63, 3.8) is 0 Å². The Morgan fingerprint density at radius 3 is 2.59 bits per heavy atom. The molecule has 0 spiro atoms. The molecule has 0 aromatic carbocycles. The lowest BCUT2D eigenvalue weighted by molar-refractivity contribution is 0.0166. The van der Waals surface area contributed by atoms with Gasteiger partial charge in [-0.2, -0.15) is 10.1 Å². The maximum Gasteiger partial charge on any atom is 0.410 e. The Morgan fingerprint density at radius 1 is 1.15 bits per heavy atom. The van der Waals surface area contributed by atoms with Crippen molar-refractivity contribution < 1.29 is 14.3 Å². The minimum atomic E-state index is -1.18. The Hall–Kier alpha value is -2.92. The number of amides is 1. The molecule has 1 saturated heterocycles. The van der Waals surface area contributed by atoms with E-state index < -0.39 is 13.7 Å². The first-order chi connectivity index (χ1) is 19.3.